The molecule has 0 rings (SSSR count). The fourth-order valence-corrected chi connectivity index (χ4v) is 2.75. The van der Waals surface area contributed by atoms with E-state index in [1.54, 1.807) is 0 Å². The Bertz CT molecular complexity index is 324. The van der Waals surface area contributed by atoms with Gasteiger partial charge in [-0.05, 0) is 74.4 Å². The molecule has 25 heavy (non-hydrogen) atoms. The molecule has 0 aliphatic carbocycles. The number of unbranched alkanes of at least 4 members (excludes halogenated alkanes) is 1. The van der Waals surface area contributed by atoms with E-state index in [4.69, 9.17) is 0 Å². The van der Waals surface area contributed by atoms with E-state index < -0.39 is 0 Å². The Labute approximate surface area is 174 Å². The van der Waals surface area contributed by atoms with Crippen molar-refractivity contribution in [3.05, 3.63) is 0 Å². The van der Waals surface area contributed by atoms with Gasteiger partial charge in [-0.25, -0.2) is 0 Å². The molecular formula is C19H44IN5. The van der Waals surface area contributed by atoms with E-state index in [1.165, 1.54) is 12.8 Å². The topological polar surface area (TPSA) is 42.9 Å². The van der Waals surface area contributed by atoms with Crippen LogP contribution >= 0.6 is 24.0 Å². The van der Waals surface area contributed by atoms with Crippen LogP contribution in [0.2, 0.25) is 0 Å². The van der Waals surface area contributed by atoms with Crippen molar-refractivity contribution in [3.8, 4) is 0 Å². The van der Waals surface area contributed by atoms with Crippen LogP contribution in [0, 0.1) is 0 Å². The van der Waals surface area contributed by atoms with Crippen molar-refractivity contribution < 1.29 is 0 Å². The number of hydrogen-bond acceptors (Lipinski definition) is 3. The summed E-state index contributed by atoms with van der Waals surface area (Å²) in [7, 11) is 4.03. The molecule has 6 heteroatoms. The van der Waals surface area contributed by atoms with Crippen molar-refractivity contribution in [3.63, 3.8) is 0 Å². The minimum absolute atomic E-state index is 0. The van der Waals surface area contributed by atoms with Gasteiger partial charge in [0.2, 0.25) is 0 Å². The number of hydrogen-bond donors (Lipinski definition) is 2. The highest BCUT2D eigenvalue weighted by Gasteiger charge is 2.12. The highest BCUT2D eigenvalue weighted by atomic mass is 127. The summed E-state index contributed by atoms with van der Waals surface area (Å²) in [5, 5.41) is 6.84. The molecule has 0 heterocycles. The monoisotopic (exact) mass is 469 g/mol. The second-order valence-electron chi connectivity index (χ2n) is 7.49. The molecule has 152 valence electrons. The summed E-state index contributed by atoms with van der Waals surface area (Å²) in [5.41, 5.74) is 0. The molecule has 0 saturated heterocycles. The third-order valence-corrected chi connectivity index (χ3v) is 4.55. The normalized spacial score (nSPS) is 12.4. The minimum Gasteiger partial charge on any atom is -0.356 e. The quantitative estimate of drug-likeness (QED) is 0.199. The van der Waals surface area contributed by atoms with E-state index in [0.29, 0.717) is 18.1 Å². The predicted octanol–water partition coefficient (Wildman–Crippen LogP) is 3.40. The first kappa shape index (κ1) is 27.1. The van der Waals surface area contributed by atoms with Crippen molar-refractivity contribution >= 4 is 29.9 Å². The van der Waals surface area contributed by atoms with Gasteiger partial charge in [-0.1, -0.05) is 0 Å². The molecule has 0 aromatic carbocycles. The minimum atomic E-state index is 0. The first-order valence-electron chi connectivity index (χ1n) is 9.70. The number of nitrogens with one attached hydrogen (secondary N) is 2. The maximum atomic E-state index is 4.31. The zero-order valence-corrected chi connectivity index (χ0v) is 20.3. The van der Waals surface area contributed by atoms with E-state index >= 15 is 0 Å². The SMILES string of the molecule is CN=C(NCCCCN(C)C(C)C)NCCCN(C(C)C)C(C)C.I. The van der Waals surface area contributed by atoms with Gasteiger partial charge < -0.3 is 15.5 Å². The lowest BCUT2D eigenvalue weighted by Crippen LogP contribution is -2.41. The second kappa shape index (κ2) is 16.1. The van der Waals surface area contributed by atoms with Crippen molar-refractivity contribution in [2.45, 2.75) is 78.9 Å². The first-order chi connectivity index (χ1) is 11.3. The average Bonchev–Trinajstić information content (AvgIpc) is 2.51. The van der Waals surface area contributed by atoms with Gasteiger partial charge in [0.25, 0.3) is 0 Å². The number of aliphatic imine (C=N–C) groups is 1. The lowest BCUT2D eigenvalue weighted by Gasteiger charge is -2.30. The Kier molecular flexibility index (Phi) is 17.5. The maximum Gasteiger partial charge on any atom is 0.190 e. The third kappa shape index (κ3) is 13.7. The number of halogens is 1. The van der Waals surface area contributed by atoms with Crippen LogP contribution in [0.15, 0.2) is 4.99 Å². The van der Waals surface area contributed by atoms with E-state index in [9.17, 15) is 0 Å². The highest BCUT2D eigenvalue weighted by Crippen LogP contribution is 2.05. The Hall–Kier alpha value is -0.0800. The summed E-state index contributed by atoms with van der Waals surface area (Å²) in [6, 6.07) is 1.83. The van der Waals surface area contributed by atoms with Gasteiger partial charge in [-0.15, -0.1) is 24.0 Å². The summed E-state index contributed by atoms with van der Waals surface area (Å²) in [6.07, 6.45) is 3.53. The standard InChI is InChI=1S/C19H43N5.HI/c1-16(2)23(8)14-10-9-12-21-19(20-7)22-13-11-15-24(17(3)4)18(5)6;/h16-18H,9-15H2,1-8H3,(H2,20,21,22);1H. The summed E-state index contributed by atoms with van der Waals surface area (Å²) >= 11 is 0. The molecule has 0 aliphatic heterocycles. The number of guanidine groups is 1. The van der Waals surface area contributed by atoms with Gasteiger partial charge in [-0.2, -0.15) is 0 Å². The molecule has 5 nitrogen and oxygen atoms in total. The van der Waals surface area contributed by atoms with E-state index in [-0.39, 0.29) is 24.0 Å². The van der Waals surface area contributed by atoms with Crippen molar-refractivity contribution in [1.29, 1.82) is 0 Å². The summed E-state index contributed by atoms with van der Waals surface area (Å²) in [6.45, 7) is 17.8. The molecule has 0 spiro atoms. The third-order valence-electron chi connectivity index (χ3n) is 4.55. The lowest BCUT2D eigenvalue weighted by atomic mass is 10.2. The van der Waals surface area contributed by atoms with E-state index in [0.717, 1.165) is 38.6 Å². The first-order valence-corrected chi connectivity index (χ1v) is 9.70. The highest BCUT2D eigenvalue weighted by molar-refractivity contribution is 14.0. The van der Waals surface area contributed by atoms with Gasteiger partial charge >= 0.3 is 0 Å². The molecule has 0 bridgehead atoms. The molecule has 2 N–H and O–H groups in total. The van der Waals surface area contributed by atoms with E-state index in [1.807, 2.05) is 7.05 Å². The van der Waals surface area contributed by atoms with Crippen LogP contribution in [0.1, 0.15) is 60.8 Å². The Balaban J connectivity index is 0. The largest absolute Gasteiger partial charge is 0.356 e. The molecular weight excluding hydrogens is 425 g/mol. The van der Waals surface area contributed by atoms with Gasteiger partial charge in [0.1, 0.15) is 0 Å². The van der Waals surface area contributed by atoms with Gasteiger partial charge in [-0.3, -0.25) is 9.89 Å². The van der Waals surface area contributed by atoms with E-state index in [2.05, 4.69) is 74.0 Å². The van der Waals surface area contributed by atoms with Gasteiger partial charge in [0, 0.05) is 44.8 Å². The molecule has 0 aromatic heterocycles. The predicted molar refractivity (Wildman–Crippen MR) is 123 cm³/mol. The van der Waals surface area contributed by atoms with Gasteiger partial charge in [0.15, 0.2) is 5.96 Å². The van der Waals surface area contributed by atoms with Gasteiger partial charge in [0.05, 0.1) is 0 Å². The van der Waals surface area contributed by atoms with Crippen LogP contribution in [0.5, 0.6) is 0 Å². The summed E-state index contributed by atoms with van der Waals surface area (Å²) < 4.78 is 0. The summed E-state index contributed by atoms with van der Waals surface area (Å²) in [5.74, 6) is 0.924. The summed E-state index contributed by atoms with van der Waals surface area (Å²) in [4.78, 5) is 9.23. The fourth-order valence-electron chi connectivity index (χ4n) is 2.75. The van der Waals surface area contributed by atoms with Crippen LogP contribution in [0.25, 0.3) is 0 Å². The maximum absolute atomic E-state index is 4.31. The lowest BCUT2D eigenvalue weighted by molar-refractivity contribution is 0.173. The molecule has 0 amide bonds. The van der Waals surface area contributed by atoms with Crippen LogP contribution in [-0.2, 0) is 0 Å². The zero-order valence-electron chi connectivity index (χ0n) is 17.9. The number of nitrogens with zero attached hydrogens (tertiary/aromatic N) is 3. The molecule has 0 atom stereocenters. The molecule has 0 fully saturated rings. The molecule has 0 unspecified atom stereocenters. The van der Waals surface area contributed by atoms with Crippen molar-refractivity contribution in [1.82, 2.24) is 20.4 Å². The number of rotatable bonds is 12. The molecule has 0 saturated carbocycles. The zero-order chi connectivity index (χ0) is 18.5. The molecule has 0 aliphatic rings. The average molecular weight is 470 g/mol. The van der Waals surface area contributed by atoms with Crippen molar-refractivity contribution in [2.24, 2.45) is 4.99 Å². The van der Waals surface area contributed by atoms with Crippen LogP contribution in [0.4, 0.5) is 0 Å². The second-order valence-corrected chi connectivity index (χ2v) is 7.49. The Morgan fingerprint density at radius 3 is 1.76 bits per heavy atom. The smallest absolute Gasteiger partial charge is 0.190 e. The molecule has 0 aromatic rings. The molecule has 0 radical (unpaired) electrons. The fraction of sp³-hybridized carbons (Fsp3) is 0.947. The van der Waals surface area contributed by atoms with Crippen LogP contribution in [0.3, 0.4) is 0 Å². The Morgan fingerprint density at radius 1 is 0.800 bits per heavy atom. The van der Waals surface area contributed by atoms with Crippen LogP contribution < -0.4 is 10.6 Å². The van der Waals surface area contributed by atoms with Crippen molar-refractivity contribution in [2.75, 3.05) is 40.3 Å². The Morgan fingerprint density at radius 2 is 1.32 bits per heavy atom. The van der Waals surface area contributed by atoms with Crippen LogP contribution in [-0.4, -0.2) is 74.2 Å².